The minimum atomic E-state index is -4.44. The van der Waals surface area contributed by atoms with Gasteiger partial charge in [-0.25, -0.2) is 4.79 Å². The number of nitrogens with zero attached hydrogens (tertiary/aromatic N) is 1. The number of cyclic esters (lactones) is 1. The third kappa shape index (κ3) is 4.23. The minimum Gasteiger partial charge on any atom is -0.439 e. The van der Waals surface area contributed by atoms with Gasteiger partial charge in [0.15, 0.2) is 0 Å². The van der Waals surface area contributed by atoms with Crippen LogP contribution in [0.2, 0.25) is 0 Å². The maximum Gasteiger partial charge on any atom is 0.416 e. The number of halogens is 4. The van der Waals surface area contributed by atoms with E-state index in [0.717, 1.165) is 28.8 Å². The van der Waals surface area contributed by atoms with E-state index < -0.39 is 23.9 Å². The minimum absolute atomic E-state index is 0.356. The number of benzene rings is 2. The van der Waals surface area contributed by atoms with Gasteiger partial charge in [-0.3, -0.25) is 4.90 Å². The highest BCUT2D eigenvalue weighted by Crippen LogP contribution is 2.38. The lowest BCUT2D eigenvalue weighted by atomic mass is 10.00. The number of hydrogen-bond acceptors (Lipinski definition) is 2. The maximum absolute atomic E-state index is 13.1. The molecule has 1 fully saturated rings. The Morgan fingerprint density at radius 2 is 1.74 bits per heavy atom. The van der Waals surface area contributed by atoms with Gasteiger partial charge in [0.25, 0.3) is 0 Å². The molecule has 0 bridgehead atoms. The van der Waals surface area contributed by atoms with Crippen molar-refractivity contribution in [1.82, 2.24) is 4.90 Å². The zero-order valence-electron chi connectivity index (χ0n) is 15.1. The molecule has 144 valence electrons. The summed E-state index contributed by atoms with van der Waals surface area (Å²) >= 11 is 1.97. The first kappa shape index (κ1) is 20.0. The molecule has 3 nitrogen and oxygen atoms in total. The highest BCUT2D eigenvalue weighted by atomic mass is 127. The molecule has 0 radical (unpaired) electrons. The van der Waals surface area contributed by atoms with Crippen LogP contribution in [0.5, 0.6) is 0 Å². The summed E-state index contributed by atoms with van der Waals surface area (Å²) in [6, 6.07) is 9.18. The normalized spacial score (nSPS) is 20.1. The lowest BCUT2D eigenvalue weighted by Crippen LogP contribution is -2.31. The summed E-state index contributed by atoms with van der Waals surface area (Å²) in [4.78, 5) is 14.0. The van der Waals surface area contributed by atoms with Gasteiger partial charge in [-0.05, 0) is 67.1 Å². The molecule has 0 spiro atoms. The molecule has 0 aliphatic carbocycles. The number of hydrogen-bond donors (Lipinski definition) is 0. The van der Waals surface area contributed by atoms with Crippen molar-refractivity contribution >= 4 is 28.7 Å². The SMILES string of the molecule is Cc1cc(C)cc(CN2C(=O)O[C@H](c3cc(C(F)(F)F)ccc3I)[C@H]2C)c1. The van der Waals surface area contributed by atoms with Crippen LogP contribution in [-0.2, 0) is 17.5 Å². The van der Waals surface area contributed by atoms with Crippen molar-refractivity contribution in [3.05, 3.63) is 67.8 Å². The summed E-state index contributed by atoms with van der Waals surface area (Å²) in [5.41, 5.74) is 2.79. The monoisotopic (exact) mass is 489 g/mol. The van der Waals surface area contributed by atoms with Gasteiger partial charge in [0, 0.05) is 15.7 Å². The van der Waals surface area contributed by atoms with E-state index in [9.17, 15) is 18.0 Å². The molecular formula is C20H19F3INO2. The van der Waals surface area contributed by atoms with Gasteiger partial charge in [-0.2, -0.15) is 13.2 Å². The van der Waals surface area contributed by atoms with Gasteiger partial charge >= 0.3 is 12.3 Å². The van der Waals surface area contributed by atoms with Gasteiger partial charge < -0.3 is 4.74 Å². The summed E-state index contributed by atoms with van der Waals surface area (Å²) in [7, 11) is 0. The van der Waals surface area contributed by atoms with Crippen molar-refractivity contribution in [2.45, 2.75) is 45.6 Å². The predicted molar refractivity (Wildman–Crippen MR) is 104 cm³/mol. The quantitative estimate of drug-likeness (QED) is 0.495. The number of carbonyl (C=O) groups is 1. The molecule has 1 aliphatic rings. The van der Waals surface area contributed by atoms with Crippen molar-refractivity contribution < 1.29 is 22.7 Å². The number of amides is 1. The zero-order valence-corrected chi connectivity index (χ0v) is 17.3. The Morgan fingerprint density at radius 3 is 2.33 bits per heavy atom. The first-order valence-corrected chi connectivity index (χ1v) is 9.55. The number of aryl methyl sites for hydroxylation is 2. The fourth-order valence-corrected chi connectivity index (χ4v) is 4.07. The van der Waals surface area contributed by atoms with Crippen LogP contribution in [0.15, 0.2) is 36.4 Å². The zero-order chi connectivity index (χ0) is 19.9. The van der Waals surface area contributed by atoms with Crippen molar-refractivity contribution in [2.75, 3.05) is 0 Å². The van der Waals surface area contributed by atoms with Crippen molar-refractivity contribution in [1.29, 1.82) is 0 Å². The molecule has 1 saturated heterocycles. The van der Waals surface area contributed by atoms with Crippen LogP contribution in [0, 0.1) is 17.4 Å². The van der Waals surface area contributed by atoms with E-state index in [1.807, 2.05) is 54.6 Å². The molecule has 2 aromatic carbocycles. The molecular weight excluding hydrogens is 470 g/mol. The molecule has 1 aliphatic heterocycles. The van der Waals surface area contributed by atoms with Gasteiger partial charge in [-0.15, -0.1) is 0 Å². The van der Waals surface area contributed by atoms with E-state index in [2.05, 4.69) is 0 Å². The van der Waals surface area contributed by atoms with Crippen molar-refractivity contribution in [3.63, 3.8) is 0 Å². The van der Waals surface area contributed by atoms with Gasteiger partial charge in [-0.1, -0.05) is 29.3 Å². The Bertz CT molecular complexity index is 862. The van der Waals surface area contributed by atoms with Crippen molar-refractivity contribution in [2.24, 2.45) is 0 Å². The van der Waals surface area contributed by atoms with E-state index >= 15 is 0 Å². The Hall–Kier alpha value is -1.77. The van der Waals surface area contributed by atoms with E-state index in [1.54, 1.807) is 11.8 Å². The Labute approximate surface area is 169 Å². The second kappa shape index (κ2) is 7.33. The number of alkyl halides is 3. The summed E-state index contributed by atoms with van der Waals surface area (Å²) in [6.45, 7) is 6.12. The van der Waals surface area contributed by atoms with E-state index in [-0.39, 0.29) is 6.04 Å². The van der Waals surface area contributed by atoms with Crippen LogP contribution in [-0.4, -0.2) is 17.0 Å². The number of rotatable bonds is 3. The number of ether oxygens (including phenoxy) is 1. The highest BCUT2D eigenvalue weighted by Gasteiger charge is 2.41. The molecule has 0 aromatic heterocycles. The molecule has 1 heterocycles. The van der Waals surface area contributed by atoms with Gasteiger partial charge in [0.2, 0.25) is 0 Å². The largest absolute Gasteiger partial charge is 0.439 e. The second-order valence-electron chi connectivity index (χ2n) is 6.90. The van der Waals surface area contributed by atoms with E-state index in [1.165, 1.54) is 6.07 Å². The standard InChI is InChI=1S/C20H19F3INO2/c1-11-6-12(2)8-14(7-11)10-25-13(3)18(27-19(25)26)16-9-15(20(21,22)23)4-5-17(16)24/h4-9,13,18H,10H2,1-3H3/t13-,18+/m1/s1. The molecule has 27 heavy (non-hydrogen) atoms. The van der Waals surface area contributed by atoms with Crippen LogP contribution >= 0.6 is 22.6 Å². The third-order valence-corrected chi connectivity index (χ3v) is 5.64. The summed E-state index contributed by atoms with van der Waals surface area (Å²) in [5.74, 6) is 0. The van der Waals surface area contributed by atoms with E-state index in [4.69, 9.17) is 4.74 Å². The summed E-state index contributed by atoms with van der Waals surface area (Å²) < 4.78 is 45.3. The molecule has 7 heteroatoms. The molecule has 0 N–H and O–H groups in total. The fourth-order valence-electron chi connectivity index (χ4n) is 3.43. The predicted octanol–water partition coefficient (Wildman–Crippen LogP) is 6.01. The maximum atomic E-state index is 13.1. The first-order valence-electron chi connectivity index (χ1n) is 8.47. The number of carbonyl (C=O) groups excluding carboxylic acids is 1. The summed E-state index contributed by atoms with van der Waals surface area (Å²) in [5, 5.41) is 0. The third-order valence-electron chi connectivity index (χ3n) is 4.66. The Balaban J connectivity index is 1.89. The van der Waals surface area contributed by atoms with Crippen LogP contribution in [0.3, 0.4) is 0 Å². The van der Waals surface area contributed by atoms with Crippen LogP contribution < -0.4 is 0 Å². The van der Waals surface area contributed by atoms with Gasteiger partial charge in [0.05, 0.1) is 11.6 Å². The molecule has 0 unspecified atom stereocenters. The summed E-state index contributed by atoms with van der Waals surface area (Å²) in [6.07, 6.45) is -5.69. The second-order valence-corrected chi connectivity index (χ2v) is 8.07. The fraction of sp³-hybridized carbons (Fsp3) is 0.350. The Morgan fingerprint density at radius 1 is 1.11 bits per heavy atom. The van der Waals surface area contributed by atoms with Crippen LogP contribution in [0.1, 0.15) is 40.8 Å². The molecule has 2 aromatic rings. The lowest BCUT2D eigenvalue weighted by Gasteiger charge is -2.22. The molecule has 0 saturated carbocycles. The van der Waals surface area contributed by atoms with Crippen molar-refractivity contribution in [3.8, 4) is 0 Å². The molecule has 2 atom stereocenters. The van der Waals surface area contributed by atoms with Gasteiger partial charge in [0.1, 0.15) is 6.10 Å². The van der Waals surface area contributed by atoms with Crippen LogP contribution in [0.4, 0.5) is 18.0 Å². The first-order chi connectivity index (χ1) is 12.6. The molecule has 3 rings (SSSR count). The van der Waals surface area contributed by atoms with E-state index in [0.29, 0.717) is 15.7 Å². The average molecular weight is 489 g/mol. The Kier molecular flexibility index (Phi) is 5.42. The highest BCUT2D eigenvalue weighted by molar-refractivity contribution is 14.1. The molecule has 1 amide bonds. The topological polar surface area (TPSA) is 29.5 Å². The smallest absolute Gasteiger partial charge is 0.416 e. The average Bonchev–Trinajstić information content (AvgIpc) is 2.81. The van der Waals surface area contributed by atoms with Crippen LogP contribution in [0.25, 0.3) is 0 Å². The lowest BCUT2D eigenvalue weighted by molar-refractivity contribution is -0.137.